The van der Waals surface area contributed by atoms with Crippen LogP contribution in [0.2, 0.25) is 0 Å². The maximum atomic E-state index is 9.36. The molecule has 1 unspecified atom stereocenters. The molecule has 0 aromatic heterocycles. The summed E-state index contributed by atoms with van der Waals surface area (Å²) in [7, 11) is 0. The van der Waals surface area contributed by atoms with Crippen molar-refractivity contribution in [1.82, 2.24) is 4.90 Å². The number of aliphatic hydroxyl groups excluding tert-OH is 1. The SMILES string of the molecule is OC[C@H]1CCCN1CC1CSc2ccccc21. The Morgan fingerprint density at radius 3 is 3.12 bits per heavy atom. The maximum absolute atomic E-state index is 9.36. The van der Waals surface area contributed by atoms with Gasteiger partial charge in [-0.2, -0.15) is 0 Å². The number of benzene rings is 1. The quantitative estimate of drug-likeness (QED) is 0.889. The summed E-state index contributed by atoms with van der Waals surface area (Å²) >= 11 is 1.98. The Hall–Kier alpha value is -0.510. The average Bonchev–Trinajstić information content (AvgIpc) is 2.97. The van der Waals surface area contributed by atoms with Crippen LogP contribution in [0.5, 0.6) is 0 Å². The van der Waals surface area contributed by atoms with E-state index in [0.29, 0.717) is 18.6 Å². The molecule has 0 saturated carbocycles. The second-order valence-electron chi connectivity index (χ2n) is 5.02. The number of fused-ring (bicyclic) bond motifs is 1. The molecule has 92 valence electrons. The molecule has 1 saturated heterocycles. The first-order chi connectivity index (χ1) is 8.38. The van der Waals surface area contributed by atoms with Gasteiger partial charge in [-0.1, -0.05) is 18.2 Å². The van der Waals surface area contributed by atoms with Crippen LogP contribution in [0.4, 0.5) is 0 Å². The van der Waals surface area contributed by atoms with Gasteiger partial charge in [0.15, 0.2) is 0 Å². The van der Waals surface area contributed by atoms with Crippen LogP contribution in [-0.4, -0.2) is 41.5 Å². The van der Waals surface area contributed by atoms with E-state index in [0.717, 1.165) is 19.5 Å². The van der Waals surface area contributed by atoms with Gasteiger partial charge in [-0.3, -0.25) is 4.90 Å². The summed E-state index contributed by atoms with van der Waals surface area (Å²) in [6.07, 6.45) is 2.41. The highest BCUT2D eigenvalue weighted by atomic mass is 32.2. The van der Waals surface area contributed by atoms with Gasteiger partial charge in [0.05, 0.1) is 6.61 Å². The predicted molar refractivity (Wildman–Crippen MR) is 71.6 cm³/mol. The summed E-state index contributed by atoms with van der Waals surface area (Å²) in [5.74, 6) is 1.86. The summed E-state index contributed by atoms with van der Waals surface area (Å²) in [4.78, 5) is 3.94. The van der Waals surface area contributed by atoms with Crippen molar-refractivity contribution in [1.29, 1.82) is 0 Å². The topological polar surface area (TPSA) is 23.5 Å². The third-order valence-electron chi connectivity index (χ3n) is 3.96. The van der Waals surface area contributed by atoms with Crippen LogP contribution in [0.25, 0.3) is 0 Å². The minimum absolute atomic E-state index is 0.321. The fourth-order valence-electron chi connectivity index (χ4n) is 3.01. The molecule has 1 fully saturated rings. The molecule has 1 N–H and O–H groups in total. The van der Waals surface area contributed by atoms with E-state index >= 15 is 0 Å². The van der Waals surface area contributed by atoms with Crippen molar-refractivity contribution in [2.75, 3.05) is 25.4 Å². The molecule has 2 aliphatic heterocycles. The van der Waals surface area contributed by atoms with Crippen LogP contribution in [0.15, 0.2) is 29.2 Å². The molecule has 0 spiro atoms. The lowest BCUT2D eigenvalue weighted by atomic mass is 10.0. The van der Waals surface area contributed by atoms with Crippen LogP contribution in [0.1, 0.15) is 24.3 Å². The van der Waals surface area contributed by atoms with Gasteiger partial charge in [0.25, 0.3) is 0 Å². The normalized spacial score (nSPS) is 28.5. The minimum Gasteiger partial charge on any atom is -0.395 e. The summed E-state index contributed by atoms with van der Waals surface area (Å²) in [5.41, 5.74) is 1.51. The van der Waals surface area contributed by atoms with Gasteiger partial charge in [0.1, 0.15) is 0 Å². The van der Waals surface area contributed by atoms with E-state index in [-0.39, 0.29) is 0 Å². The van der Waals surface area contributed by atoms with Crippen molar-refractivity contribution in [2.24, 2.45) is 0 Å². The molecular formula is C14H19NOS. The van der Waals surface area contributed by atoms with Gasteiger partial charge in [-0.15, -0.1) is 11.8 Å². The molecule has 0 amide bonds. The summed E-state index contributed by atoms with van der Waals surface area (Å²) in [6.45, 7) is 2.60. The molecule has 0 bridgehead atoms. The van der Waals surface area contributed by atoms with Gasteiger partial charge in [-0.25, -0.2) is 0 Å². The molecule has 0 aliphatic carbocycles. The first-order valence-electron chi connectivity index (χ1n) is 6.45. The number of hydrogen-bond acceptors (Lipinski definition) is 3. The van der Waals surface area contributed by atoms with E-state index < -0.39 is 0 Å². The largest absolute Gasteiger partial charge is 0.395 e. The highest BCUT2D eigenvalue weighted by molar-refractivity contribution is 7.99. The van der Waals surface area contributed by atoms with Crippen LogP contribution in [0, 0.1) is 0 Å². The minimum atomic E-state index is 0.321. The third-order valence-corrected chi connectivity index (χ3v) is 5.22. The van der Waals surface area contributed by atoms with Crippen molar-refractivity contribution in [2.45, 2.75) is 29.7 Å². The lowest BCUT2D eigenvalue weighted by Gasteiger charge is -2.26. The van der Waals surface area contributed by atoms with E-state index in [1.54, 1.807) is 0 Å². The van der Waals surface area contributed by atoms with Crippen molar-refractivity contribution in [3.63, 3.8) is 0 Å². The van der Waals surface area contributed by atoms with E-state index in [4.69, 9.17) is 0 Å². The summed E-state index contributed by atoms with van der Waals surface area (Å²) in [5, 5.41) is 9.36. The molecule has 0 radical (unpaired) electrons. The van der Waals surface area contributed by atoms with Crippen LogP contribution in [0.3, 0.4) is 0 Å². The van der Waals surface area contributed by atoms with Crippen molar-refractivity contribution in [3.8, 4) is 0 Å². The molecule has 3 rings (SSSR count). The average molecular weight is 249 g/mol. The maximum Gasteiger partial charge on any atom is 0.0586 e. The summed E-state index contributed by atoms with van der Waals surface area (Å²) in [6, 6.07) is 9.18. The van der Waals surface area contributed by atoms with Crippen molar-refractivity contribution >= 4 is 11.8 Å². The molecule has 2 nitrogen and oxygen atoms in total. The van der Waals surface area contributed by atoms with E-state index in [2.05, 4.69) is 29.2 Å². The second kappa shape index (κ2) is 5.01. The molecule has 1 aromatic rings. The predicted octanol–water partition coefficient (Wildman–Crippen LogP) is 2.33. The third kappa shape index (κ3) is 2.24. The van der Waals surface area contributed by atoms with Gasteiger partial charge in [0, 0.05) is 29.2 Å². The standard InChI is InChI=1S/C14H19NOS/c16-9-12-4-3-7-15(12)8-11-10-17-14-6-2-1-5-13(11)14/h1-2,5-6,11-12,16H,3-4,7-10H2/t11?,12-/m1/s1. The Morgan fingerprint density at radius 2 is 2.24 bits per heavy atom. The van der Waals surface area contributed by atoms with Gasteiger partial charge in [-0.05, 0) is 31.0 Å². The van der Waals surface area contributed by atoms with Gasteiger partial charge < -0.3 is 5.11 Å². The van der Waals surface area contributed by atoms with Gasteiger partial charge >= 0.3 is 0 Å². The zero-order valence-corrected chi connectivity index (χ0v) is 10.8. The lowest BCUT2D eigenvalue weighted by Crippen LogP contribution is -2.35. The Bertz CT molecular complexity index is 396. The van der Waals surface area contributed by atoms with Crippen LogP contribution < -0.4 is 0 Å². The molecule has 17 heavy (non-hydrogen) atoms. The fraction of sp³-hybridized carbons (Fsp3) is 0.571. The monoisotopic (exact) mass is 249 g/mol. The Morgan fingerprint density at radius 1 is 1.35 bits per heavy atom. The molecule has 2 aliphatic rings. The lowest BCUT2D eigenvalue weighted by molar-refractivity contribution is 0.154. The smallest absolute Gasteiger partial charge is 0.0586 e. The van der Waals surface area contributed by atoms with Crippen LogP contribution >= 0.6 is 11.8 Å². The second-order valence-corrected chi connectivity index (χ2v) is 6.08. The first-order valence-corrected chi connectivity index (χ1v) is 7.43. The molecule has 2 atom stereocenters. The summed E-state index contributed by atoms with van der Waals surface area (Å²) < 4.78 is 0. The molecule has 3 heteroatoms. The van der Waals surface area contributed by atoms with Crippen molar-refractivity contribution < 1.29 is 5.11 Å². The number of rotatable bonds is 3. The van der Waals surface area contributed by atoms with E-state index in [1.807, 2.05) is 11.8 Å². The molecular weight excluding hydrogens is 230 g/mol. The number of likely N-dealkylation sites (tertiary alicyclic amines) is 1. The number of nitrogens with zero attached hydrogens (tertiary/aromatic N) is 1. The zero-order chi connectivity index (χ0) is 11.7. The molecule has 1 aromatic carbocycles. The van der Waals surface area contributed by atoms with Crippen molar-refractivity contribution in [3.05, 3.63) is 29.8 Å². The number of aliphatic hydroxyl groups is 1. The fourth-order valence-corrected chi connectivity index (χ4v) is 4.25. The zero-order valence-electron chi connectivity index (χ0n) is 10.0. The number of thioether (sulfide) groups is 1. The Kier molecular flexibility index (Phi) is 3.41. The Balaban J connectivity index is 1.71. The first kappa shape index (κ1) is 11.6. The van der Waals surface area contributed by atoms with E-state index in [9.17, 15) is 5.11 Å². The Labute approximate surface area is 107 Å². The van der Waals surface area contributed by atoms with Gasteiger partial charge in [0.2, 0.25) is 0 Å². The number of hydrogen-bond donors (Lipinski definition) is 1. The molecule has 2 heterocycles. The van der Waals surface area contributed by atoms with Crippen LogP contribution in [-0.2, 0) is 0 Å². The highest BCUT2D eigenvalue weighted by Crippen LogP contribution is 2.40. The van der Waals surface area contributed by atoms with E-state index in [1.165, 1.54) is 22.6 Å². The highest BCUT2D eigenvalue weighted by Gasteiger charge is 2.29.